The maximum absolute atomic E-state index is 11.2. The molecular formula is C15H17NO3S. The number of ether oxygens (including phenoxy) is 2. The first-order valence-electron chi connectivity index (χ1n) is 6.37. The Morgan fingerprint density at radius 3 is 2.90 bits per heavy atom. The van der Waals surface area contributed by atoms with Crippen LogP contribution in [0.15, 0.2) is 29.6 Å². The van der Waals surface area contributed by atoms with Crippen LogP contribution < -0.4 is 4.74 Å². The largest absolute Gasteiger partial charge is 0.491 e. The number of carbonyl (C=O) groups excluding carboxylic acids is 1. The van der Waals surface area contributed by atoms with E-state index in [1.165, 1.54) is 18.4 Å². The summed E-state index contributed by atoms with van der Waals surface area (Å²) >= 11 is 1.51. The number of methoxy groups -OCH3 is 1. The van der Waals surface area contributed by atoms with Gasteiger partial charge in [-0.1, -0.05) is 12.1 Å². The smallest absolute Gasteiger partial charge is 0.311 e. The number of nitrogens with zero attached hydrogens (tertiary/aromatic N) is 1. The molecule has 0 N–H and O–H groups in total. The fourth-order valence-electron chi connectivity index (χ4n) is 1.72. The lowest BCUT2D eigenvalue weighted by atomic mass is 10.2. The summed E-state index contributed by atoms with van der Waals surface area (Å²) in [5, 5.41) is 2.75. The summed E-state index contributed by atoms with van der Waals surface area (Å²) in [5.74, 6) is 0.543. The standard InChI is InChI=1S/C15H17NO3S/c1-10(2)19-13-6-4-5-11(7-13)15-16-12(9-20-15)8-14(17)18-3/h4-7,9-10H,8H2,1-3H3. The van der Waals surface area contributed by atoms with Gasteiger partial charge in [0.05, 0.1) is 25.3 Å². The lowest BCUT2D eigenvalue weighted by Gasteiger charge is -2.10. The highest BCUT2D eigenvalue weighted by Crippen LogP contribution is 2.27. The molecule has 1 heterocycles. The summed E-state index contributed by atoms with van der Waals surface area (Å²) in [6.45, 7) is 3.98. The first-order chi connectivity index (χ1) is 9.58. The first kappa shape index (κ1) is 14.5. The Hall–Kier alpha value is -1.88. The van der Waals surface area contributed by atoms with Gasteiger partial charge in [0, 0.05) is 10.9 Å². The van der Waals surface area contributed by atoms with E-state index < -0.39 is 0 Å². The molecule has 2 aromatic rings. The zero-order chi connectivity index (χ0) is 14.5. The molecule has 0 amide bonds. The molecule has 0 aliphatic carbocycles. The Labute approximate surface area is 122 Å². The second-order valence-electron chi connectivity index (χ2n) is 4.59. The van der Waals surface area contributed by atoms with Gasteiger partial charge in [-0.2, -0.15) is 0 Å². The van der Waals surface area contributed by atoms with Crippen LogP contribution in [0.1, 0.15) is 19.5 Å². The van der Waals surface area contributed by atoms with E-state index in [1.54, 1.807) is 0 Å². The number of hydrogen-bond donors (Lipinski definition) is 0. The quantitative estimate of drug-likeness (QED) is 0.793. The number of carbonyl (C=O) groups is 1. The third-order valence-corrected chi connectivity index (χ3v) is 3.50. The number of esters is 1. The predicted octanol–water partition coefficient (Wildman–Crippen LogP) is 3.31. The molecule has 5 heteroatoms. The molecule has 0 aliphatic rings. The van der Waals surface area contributed by atoms with Crippen LogP contribution in [0.3, 0.4) is 0 Å². The van der Waals surface area contributed by atoms with Gasteiger partial charge in [-0.3, -0.25) is 4.79 Å². The van der Waals surface area contributed by atoms with Crippen molar-refractivity contribution in [2.45, 2.75) is 26.4 Å². The van der Waals surface area contributed by atoms with Crippen molar-refractivity contribution in [1.29, 1.82) is 0 Å². The molecule has 0 unspecified atom stereocenters. The van der Waals surface area contributed by atoms with Gasteiger partial charge in [0.2, 0.25) is 0 Å². The van der Waals surface area contributed by atoms with Crippen molar-refractivity contribution in [2.24, 2.45) is 0 Å². The van der Waals surface area contributed by atoms with Gasteiger partial charge in [-0.05, 0) is 26.0 Å². The molecule has 4 nitrogen and oxygen atoms in total. The summed E-state index contributed by atoms with van der Waals surface area (Å²) in [4.78, 5) is 15.7. The number of rotatable bonds is 5. The van der Waals surface area contributed by atoms with Crippen molar-refractivity contribution < 1.29 is 14.3 Å². The van der Waals surface area contributed by atoms with E-state index in [2.05, 4.69) is 9.72 Å². The minimum Gasteiger partial charge on any atom is -0.491 e. The number of hydrogen-bond acceptors (Lipinski definition) is 5. The van der Waals surface area contributed by atoms with E-state index in [9.17, 15) is 4.79 Å². The summed E-state index contributed by atoms with van der Waals surface area (Å²) in [6.07, 6.45) is 0.339. The van der Waals surface area contributed by atoms with E-state index in [-0.39, 0.29) is 18.5 Å². The minimum absolute atomic E-state index is 0.136. The predicted molar refractivity (Wildman–Crippen MR) is 79.0 cm³/mol. The Kier molecular flexibility index (Phi) is 4.74. The number of thiazole rings is 1. The van der Waals surface area contributed by atoms with E-state index in [1.807, 2.05) is 43.5 Å². The van der Waals surface area contributed by atoms with Gasteiger partial charge >= 0.3 is 5.97 Å². The lowest BCUT2D eigenvalue weighted by Crippen LogP contribution is -2.05. The van der Waals surface area contributed by atoms with Crippen LogP contribution in [0.25, 0.3) is 10.6 Å². The molecule has 1 aromatic heterocycles. The van der Waals surface area contributed by atoms with Crippen LogP contribution in [0, 0.1) is 0 Å². The molecule has 0 saturated heterocycles. The van der Waals surface area contributed by atoms with Crippen LogP contribution in [0.2, 0.25) is 0 Å². The zero-order valence-electron chi connectivity index (χ0n) is 11.8. The summed E-state index contributed by atoms with van der Waals surface area (Å²) in [5.41, 5.74) is 1.72. The summed E-state index contributed by atoms with van der Waals surface area (Å²) < 4.78 is 10.3. The molecule has 1 aromatic carbocycles. The Morgan fingerprint density at radius 2 is 2.20 bits per heavy atom. The van der Waals surface area contributed by atoms with Crippen molar-refractivity contribution >= 4 is 17.3 Å². The van der Waals surface area contributed by atoms with Crippen molar-refractivity contribution in [3.8, 4) is 16.3 Å². The van der Waals surface area contributed by atoms with E-state index in [4.69, 9.17) is 4.74 Å². The maximum atomic E-state index is 11.2. The van der Waals surface area contributed by atoms with Gasteiger partial charge in [0.25, 0.3) is 0 Å². The first-order valence-corrected chi connectivity index (χ1v) is 7.24. The fourth-order valence-corrected chi connectivity index (χ4v) is 2.53. The van der Waals surface area contributed by atoms with E-state index in [0.717, 1.165) is 22.0 Å². The second kappa shape index (κ2) is 6.52. The minimum atomic E-state index is -0.279. The van der Waals surface area contributed by atoms with E-state index in [0.29, 0.717) is 0 Å². The molecular weight excluding hydrogens is 274 g/mol. The molecule has 0 atom stereocenters. The van der Waals surface area contributed by atoms with E-state index >= 15 is 0 Å². The summed E-state index contributed by atoms with van der Waals surface area (Å²) in [7, 11) is 1.38. The Balaban J connectivity index is 2.17. The maximum Gasteiger partial charge on any atom is 0.311 e. The highest BCUT2D eigenvalue weighted by molar-refractivity contribution is 7.13. The third kappa shape index (κ3) is 3.81. The van der Waals surface area contributed by atoms with Crippen LogP contribution in [0.4, 0.5) is 0 Å². The Morgan fingerprint density at radius 1 is 1.40 bits per heavy atom. The van der Waals surface area contributed by atoms with Crippen molar-refractivity contribution in [3.05, 3.63) is 35.3 Å². The average molecular weight is 291 g/mol. The molecule has 0 bridgehead atoms. The van der Waals surface area contributed by atoms with Gasteiger partial charge in [0.1, 0.15) is 10.8 Å². The molecule has 0 aliphatic heterocycles. The number of aromatic nitrogens is 1. The zero-order valence-corrected chi connectivity index (χ0v) is 12.6. The fraction of sp³-hybridized carbons (Fsp3) is 0.333. The molecule has 0 fully saturated rings. The molecule has 0 spiro atoms. The van der Waals surface area contributed by atoms with Crippen molar-refractivity contribution in [2.75, 3.05) is 7.11 Å². The average Bonchev–Trinajstić information content (AvgIpc) is 2.86. The topological polar surface area (TPSA) is 48.4 Å². The highest BCUT2D eigenvalue weighted by Gasteiger charge is 2.10. The normalized spacial score (nSPS) is 10.6. The Bertz CT molecular complexity index is 592. The van der Waals surface area contributed by atoms with Crippen LogP contribution in [0.5, 0.6) is 5.75 Å². The van der Waals surface area contributed by atoms with Crippen molar-refractivity contribution in [1.82, 2.24) is 4.98 Å². The lowest BCUT2D eigenvalue weighted by molar-refractivity contribution is -0.139. The molecule has 0 radical (unpaired) electrons. The van der Waals surface area contributed by atoms with Gasteiger partial charge in [-0.25, -0.2) is 4.98 Å². The third-order valence-electron chi connectivity index (χ3n) is 2.56. The van der Waals surface area contributed by atoms with Gasteiger partial charge in [-0.15, -0.1) is 11.3 Å². The SMILES string of the molecule is COC(=O)Cc1csc(-c2cccc(OC(C)C)c2)n1. The molecule has 106 valence electrons. The van der Waals surface area contributed by atoms with Crippen LogP contribution >= 0.6 is 11.3 Å². The number of benzene rings is 1. The molecule has 20 heavy (non-hydrogen) atoms. The van der Waals surface area contributed by atoms with Gasteiger partial charge in [0.15, 0.2) is 0 Å². The summed E-state index contributed by atoms with van der Waals surface area (Å²) in [6, 6.07) is 7.80. The van der Waals surface area contributed by atoms with Crippen LogP contribution in [-0.2, 0) is 16.0 Å². The molecule has 2 rings (SSSR count). The molecule has 0 saturated carbocycles. The van der Waals surface area contributed by atoms with Crippen molar-refractivity contribution in [3.63, 3.8) is 0 Å². The van der Waals surface area contributed by atoms with Gasteiger partial charge < -0.3 is 9.47 Å². The highest BCUT2D eigenvalue weighted by atomic mass is 32.1. The monoisotopic (exact) mass is 291 g/mol. The van der Waals surface area contributed by atoms with Crippen LogP contribution in [-0.4, -0.2) is 24.2 Å². The second-order valence-corrected chi connectivity index (χ2v) is 5.45.